The van der Waals surface area contributed by atoms with Crippen LogP contribution >= 0.6 is 11.3 Å². The van der Waals surface area contributed by atoms with Crippen molar-refractivity contribution in [2.24, 2.45) is 0 Å². The van der Waals surface area contributed by atoms with Gasteiger partial charge in [-0.2, -0.15) is 0 Å². The van der Waals surface area contributed by atoms with Crippen molar-refractivity contribution in [1.29, 1.82) is 0 Å². The Morgan fingerprint density at radius 3 is 3.00 bits per heavy atom. The second-order valence-electron chi connectivity index (χ2n) is 3.92. The second-order valence-corrected chi connectivity index (χ2v) is 6.65. The zero-order valence-electron chi connectivity index (χ0n) is 10.2. The standard InChI is InChI=1S/C11H15N3O3S2/c15-8-10-11(2-7-18-10)19(16,17)13-3-1-5-14-6-4-12-9-14/h2,4,6-7,9,13,15H,1,3,5,8H2. The minimum atomic E-state index is -3.53. The molecule has 2 N–H and O–H groups in total. The van der Waals surface area contributed by atoms with Crippen molar-refractivity contribution in [3.05, 3.63) is 35.0 Å². The molecule has 0 aliphatic heterocycles. The largest absolute Gasteiger partial charge is 0.391 e. The Kier molecular flexibility index (Phi) is 4.70. The number of aromatic nitrogens is 2. The van der Waals surface area contributed by atoms with Crippen LogP contribution in [0.2, 0.25) is 0 Å². The van der Waals surface area contributed by atoms with Crippen LogP contribution in [-0.2, 0) is 23.2 Å². The minimum absolute atomic E-state index is 0.169. The number of aliphatic hydroxyl groups is 1. The van der Waals surface area contributed by atoms with Crippen LogP contribution in [0, 0.1) is 0 Å². The molecule has 0 aliphatic carbocycles. The Bertz CT molecular complexity index is 605. The molecule has 0 radical (unpaired) electrons. The second kappa shape index (κ2) is 6.29. The summed E-state index contributed by atoms with van der Waals surface area (Å²) in [7, 11) is -3.53. The zero-order valence-corrected chi connectivity index (χ0v) is 11.8. The first-order valence-electron chi connectivity index (χ1n) is 5.76. The summed E-state index contributed by atoms with van der Waals surface area (Å²) in [5.74, 6) is 0. The van der Waals surface area contributed by atoms with Crippen molar-refractivity contribution in [3.8, 4) is 0 Å². The lowest BCUT2D eigenvalue weighted by Gasteiger charge is -2.07. The first-order chi connectivity index (χ1) is 9.13. The number of rotatable bonds is 7. The summed E-state index contributed by atoms with van der Waals surface area (Å²) in [5, 5.41) is 10.7. The molecular weight excluding hydrogens is 286 g/mol. The fourth-order valence-electron chi connectivity index (χ4n) is 1.65. The van der Waals surface area contributed by atoms with Gasteiger partial charge in [0.05, 0.1) is 17.8 Å². The van der Waals surface area contributed by atoms with Gasteiger partial charge in [-0.05, 0) is 17.9 Å². The van der Waals surface area contributed by atoms with Crippen molar-refractivity contribution in [2.45, 2.75) is 24.5 Å². The van der Waals surface area contributed by atoms with E-state index in [1.807, 2.05) is 10.8 Å². The van der Waals surface area contributed by atoms with Crippen LogP contribution in [0.5, 0.6) is 0 Å². The Hall–Kier alpha value is -1.22. The number of nitrogens with zero attached hydrogens (tertiary/aromatic N) is 2. The highest BCUT2D eigenvalue weighted by Crippen LogP contribution is 2.21. The average Bonchev–Trinajstić information content (AvgIpc) is 3.05. The van der Waals surface area contributed by atoms with Gasteiger partial charge in [0.1, 0.15) is 0 Å². The SMILES string of the molecule is O=S(=O)(NCCCn1ccnc1)c1ccsc1CO. The van der Waals surface area contributed by atoms with E-state index in [1.54, 1.807) is 17.9 Å². The van der Waals surface area contributed by atoms with E-state index >= 15 is 0 Å². The summed E-state index contributed by atoms with van der Waals surface area (Å²) < 4.78 is 28.4. The van der Waals surface area contributed by atoms with Crippen molar-refractivity contribution in [3.63, 3.8) is 0 Å². The molecule has 0 fully saturated rings. The number of imidazole rings is 1. The van der Waals surface area contributed by atoms with Crippen molar-refractivity contribution in [1.82, 2.24) is 14.3 Å². The summed E-state index contributed by atoms with van der Waals surface area (Å²) >= 11 is 1.23. The summed E-state index contributed by atoms with van der Waals surface area (Å²) in [6.07, 6.45) is 5.88. The first kappa shape index (κ1) is 14.2. The van der Waals surface area contributed by atoms with Gasteiger partial charge in [-0.1, -0.05) is 0 Å². The zero-order chi connectivity index (χ0) is 13.7. The molecule has 0 aromatic carbocycles. The van der Waals surface area contributed by atoms with Gasteiger partial charge >= 0.3 is 0 Å². The minimum Gasteiger partial charge on any atom is -0.391 e. The molecule has 0 bridgehead atoms. The first-order valence-corrected chi connectivity index (χ1v) is 8.12. The fraction of sp³-hybridized carbons (Fsp3) is 0.364. The van der Waals surface area contributed by atoms with Crippen LogP contribution in [-0.4, -0.2) is 29.6 Å². The van der Waals surface area contributed by atoms with Gasteiger partial charge in [0, 0.05) is 30.4 Å². The molecule has 6 nitrogen and oxygen atoms in total. The van der Waals surface area contributed by atoms with E-state index in [9.17, 15) is 8.42 Å². The molecule has 8 heteroatoms. The maximum atomic E-state index is 12.0. The monoisotopic (exact) mass is 301 g/mol. The molecule has 0 saturated carbocycles. The fourth-order valence-corrected chi connectivity index (χ4v) is 4.02. The van der Waals surface area contributed by atoms with Gasteiger partial charge in [0.25, 0.3) is 0 Å². The predicted octanol–water partition coefficient (Wildman–Crippen LogP) is 0.805. The average molecular weight is 301 g/mol. The Balaban J connectivity index is 1.88. The Labute approximate surface area is 115 Å². The molecule has 0 unspecified atom stereocenters. The van der Waals surface area contributed by atoms with Crippen LogP contribution in [0.15, 0.2) is 35.1 Å². The van der Waals surface area contributed by atoms with Gasteiger partial charge in [-0.3, -0.25) is 0 Å². The molecule has 104 valence electrons. The third-order valence-corrected chi connectivity index (χ3v) is 5.16. The van der Waals surface area contributed by atoms with Gasteiger partial charge in [-0.25, -0.2) is 18.1 Å². The predicted molar refractivity (Wildman–Crippen MR) is 72.3 cm³/mol. The van der Waals surface area contributed by atoms with E-state index < -0.39 is 10.0 Å². The molecule has 19 heavy (non-hydrogen) atoms. The maximum absolute atomic E-state index is 12.0. The molecule has 0 amide bonds. The quantitative estimate of drug-likeness (QED) is 0.741. The highest BCUT2D eigenvalue weighted by molar-refractivity contribution is 7.89. The molecule has 0 aliphatic rings. The topological polar surface area (TPSA) is 84.2 Å². The molecule has 2 heterocycles. The van der Waals surface area contributed by atoms with Gasteiger partial charge in [0.15, 0.2) is 0 Å². The van der Waals surface area contributed by atoms with E-state index in [2.05, 4.69) is 9.71 Å². The lowest BCUT2D eigenvalue weighted by molar-refractivity contribution is 0.282. The lowest BCUT2D eigenvalue weighted by atomic mass is 10.4. The molecule has 2 rings (SSSR count). The van der Waals surface area contributed by atoms with E-state index in [4.69, 9.17) is 5.11 Å². The van der Waals surface area contributed by atoms with Crippen LogP contribution in [0.1, 0.15) is 11.3 Å². The third-order valence-electron chi connectivity index (χ3n) is 2.58. The van der Waals surface area contributed by atoms with Crippen LogP contribution in [0.3, 0.4) is 0 Å². The van der Waals surface area contributed by atoms with Crippen LogP contribution in [0.4, 0.5) is 0 Å². The maximum Gasteiger partial charge on any atom is 0.241 e. The van der Waals surface area contributed by atoms with E-state index in [1.165, 1.54) is 17.4 Å². The summed E-state index contributed by atoms with van der Waals surface area (Å²) in [4.78, 5) is 4.54. The summed E-state index contributed by atoms with van der Waals surface area (Å²) in [6.45, 7) is 0.795. The highest BCUT2D eigenvalue weighted by Gasteiger charge is 2.18. The van der Waals surface area contributed by atoms with Gasteiger partial charge < -0.3 is 9.67 Å². The van der Waals surface area contributed by atoms with E-state index in [0.29, 0.717) is 24.4 Å². The summed E-state index contributed by atoms with van der Waals surface area (Å²) in [6, 6.07) is 1.51. The Morgan fingerprint density at radius 1 is 1.47 bits per heavy atom. The molecule has 2 aromatic heterocycles. The number of aryl methyl sites for hydroxylation is 1. The van der Waals surface area contributed by atoms with Gasteiger partial charge in [0.2, 0.25) is 10.0 Å². The smallest absolute Gasteiger partial charge is 0.241 e. The van der Waals surface area contributed by atoms with E-state index in [0.717, 1.165) is 0 Å². The van der Waals surface area contributed by atoms with E-state index in [-0.39, 0.29) is 11.5 Å². The lowest BCUT2D eigenvalue weighted by Crippen LogP contribution is -2.25. The van der Waals surface area contributed by atoms with Crippen molar-refractivity contribution >= 4 is 21.4 Å². The number of hydrogen-bond donors (Lipinski definition) is 2. The normalized spacial score (nSPS) is 11.8. The Morgan fingerprint density at radius 2 is 2.32 bits per heavy atom. The van der Waals surface area contributed by atoms with Gasteiger partial charge in [-0.15, -0.1) is 11.3 Å². The molecule has 0 saturated heterocycles. The number of thiophene rings is 1. The molecule has 0 atom stereocenters. The molecular formula is C11H15N3O3S2. The third kappa shape index (κ3) is 3.63. The highest BCUT2D eigenvalue weighted by atomic mass is 32.2. The van der Waals surface area contributed by atoms with Crippen molar-refractivity contribution in [2.75, 3.05) is 6.54 Å². The number of nitrogens with one attached hydrogen (secondary N) is 1. The van der Waals surface area contributed by atoms with Crippen LogP contribution in [0.25, 0.3) is 0 Å². The number of aliphatic hydroxyl groups excluding tert-OH is 1. The molecule has 0 spiro atoms. The van der Waals surface area contributed by atoms with Crippen molar-refractivity contribution < 1.29 is 13.5 Å². The summed E-state index contributed by atoms with van der Waals surface area (Å²) in [5.41, 5.74) is 0. The number of hydrogen-bond acceptors (Lipinski definition) is 5. The van der Waals surface area contributed by atoms with Crippen LogP contribution < -0.4 is 4.72 Å². The number of sulfonamides is 1. The molecule has 2 aromatic rings.